The molecule has 3 aromatic carbocycles. The predicted octanol–water partition coefficient (Wildman–Crippen LogP) is 6.89. The molecule has 0 radical (unpaired) electrons. The van der Waals surface area contributed by atoms with Gasteiger partial charge in [-0.2, -0.15) is 5.26 Å². The van der Waals surface area contributed by atoms with Crippen LogP contribution in [0.3, 0.4) is 0 Å². The number of anilines is 1. The van der Waals surface area contributed by atoms with Crippen LogP contribution in [0.1, 0.15) is 11.1 Å². The van der Waals surface area contributed by atoms with Gasteiger partial charge in [-0.25, -0.2) is 0 Å². The lowest BCUT2D eigenvalue weighted by Crippen LogP contribution is -2.13. The molecule has 5 nitrogen and oxygen atoms in total. The zero-order chi connectivity index (χ0) is 23.1. The van der Waals surface area contributed by atoms with E-state index in [4.69, 9.17) is 32.7 Å². The summed E-state index contributed by atoms with van der Waals surface area (Å²) >= 11 is 15.8. The van der Waals surface area contributed by atoms with Crippen molar-refractivity contribution < 1.29 is 14.3 Å². The third-order valence-corrected chi connectivity index (χ3v) is 5.64. The van der Waals surface area contributed by atoms with Crippen LogP contribution >= 0.6 is 39.1 Å². The van der Waals surface area contributed by atoms with Crippen LogP contribution in [0.4, 0.5) is 5.69 Å². The van der Waals surface area contributed by atoms with Crippen LogP contribution in [0.15, 0.2) is 70.7 Å². The van der Waals surface area contributed by atoms with Crippen molar-refractivity contribution >= 4 is 56.8 Å². The van der Waals surface area contributed by atoms with E-state index < -0.39 is 5.91 Å². The Balaban J connectivity index is 1.82. The Morgan fingerprint density at radius 2 is 1.78 bits per heavy atom. The Hall–Kier alpha value is -2.98. The maximum absolute atomic E-state index is 12.5. The van der Waals surface area contributed by atoms with Crippen LogP contribution in [0, 0.1) is 11.3 Å². The van der Waals surface area contributed by atoms with E-state index >= 15 is 0 Å². The number of nitriles is 1. The lowest BCUT2D eigenvalue weighted by Gasteiger charge is -2.13. The van der Waals surface area contributed by atoms with Crippen molar-refractivity contribution in [2.24, 2.45) is 0 Å². The highest BCUT2D eigenvalue weighted by molar-refractivity contribution is 9.10. The van der Waals surface area contributed by atoms with Gasteiger partial charge in [-0.05, 0) is 60.2 Å². The number of benzene rings is 3. The summed E-state index contributed by atoms with van der Waals surface area (Å²) in [5, 5.41) is 13.2. The zero-order valence-electron chi connectivity index (χ0n) is 16.9. The minimum absolute atomic E-state index is 0.0572. The van der Waals surface area contributed by atoms with E-state index in [2.05, 4.69) is 21.2 Å². The molecule has 8 heteroatoms. The van der Waals surface area contributed by atoms with E-state index in [1.807, 2.05) is 6.07 Å². The van der Waals surface area contributed by atoms with Crippen molar-refractivity contribution in [1.82, 2.24) is 0 Å². The average Bonchev–Trinajstić information content (AvgIpc) is 2.78. The van der Waals surface area contributed by atoms with E-state index in [1.54, 1.807) is 60.7 Å². The fourth-order valence-electron chi connectivity index (χ4n) is 2.76. The summed E-state index contributed by atoms with van der Waals surface area (Å²) in [6.07, 6.45) is 1.48. The first kappa shape index (κ1) is 23.7. The largest absolute Gasteiger partial charge is 0.493 e. The van der Waals surface area contributed by atoms with E-state index in [9.17, 15) is 10.1 Å². The molecule has 32 heavy (non-hydrogen) atoms. The molecule has 0 saturated heterocycles. The van der Waals surface area contributed by atoms with Crippen LogP contribution < -0.4 is 14.8 Å². The van der Waals surface area contributed by atoms with Crippen molar-refractivity contribution in [2.75, 3.05) is 12.4 Å². The summed E-state index contributed by atoms with van der Waals surface area (Å²) in [7, 11) is 1.52. The average molecular weight is 532 g/mol. The fraction of sp³-hybridized carbons (Fsp3) is 0.0833. The number of methoxy groups -OCH3 is 1. The maximum atomic E-state index is 12.5. The number of ether oxygens (including phenoxy) is 2. The normalized spacial score (nSPS) is 10.9. The van der Waals surface area contributed by atoms with Crippen molar-refractivity contribution in [3.8, 4) is 17.6 Å². The first-order valence-electron chi connectivity index (χ1n) is 9.33. The van der Waals surface area contributed by atoms with Gasteiger partial charge in [0.25, 0.3) is 5.91 Å². The molecule has 0 aliphatic rings. The molecule has 3 aromatic rings. The molecule has 0 atom stereocenters. The molecule has 0 aliphatic heterocycles. The molecule has 0 aromatic heterocycles. The molecular formula is C24H17BrCl2N2O3. The number of carbonyl (C=O) groups excluding carboxylic acids is 1. The molecule has 3 rings (SSSR count). The van der Waals surface area contributed by atoms with E-state index in [0.29, 0.717) is 38.4 Å². The Kier molecular flexibility index (Phi) is 8.18. The highest BCUT2D eigenvalue weighted by Crippen LogP contribution is 2.32. The summed E-state index contributed by atoms with van der Waals surface area (Å²) in [6.45, 7) is 0.122. The van der Waals surface area contributed by atoms with Gasteiger partial charge in [0, 0.05) is 25.8 Å². The Morgan fingerprint density at radius 3 is 2.41 bits per heavy atom. The van der Waals surface area contributed by atoms with Crippen molar-refractivity contribution in [3.63, 3.8) is 0 Å². The van der Waals surface area contributed by atoms with E-state index in [1.165, 1.54) is 13.2 Å². The number of rotatable bonds is 7. The molecule has 0 fully saturated rings. The minimum atomic E-state index is -0.518. The topological polar surface area (TPSA) is 71.3 Å². The van der Waals surface area contributed by atoms with Crippen LogP contribution in [0.25, 0.3) is 6.08 Å². The molecular weight excluding hydrogens is 515 g/mol. The molecule has 0 spiro atoms. The predicted molar refractivity (Wildman–Crippen MR) is 130 cm³/mol. The smallest absolute Gasteiger partial charge is 0.266 e. The monoisotopic (exact) mass is 530 g/mol. The molecule has 0 bridgehead atoms. The van der Waals surface area contributed by atoms with Crippen molar-refractivity contribution in [3.05, 3.63) is 91.9 Å². The SMILES string of the molecule is COc1ccc(/C=C(\C#N)C(=O)Nc2ccc(Br)cc2)cc1OCc1c(Cl)cccc1Cl. The third kappa shape index (κ3) is 6.04. The number of nitrogens with one attached hydrogen (secondary N) is 1. The summed E-state index contributed by atoms with van der Waals surface area (Å²) in [6, 6.07) is 19.3. The first-order valence-corrected chi connectivity index (χ1v) is 10.9. The minimum Gasteiger partial charge on any atom is -0.493 e. The number of nitrogens with zero attached hydrogens (tertiary/aromatic N) is 1. The van der Waals surface area contributed by atoms with Gasteiger partial charge in [0.15, 0.2) is 11.5 Å². The molecule has 162 valence electrons. The highest BCUT2D eigenvalue weighted by Gasteiger charge is 2.13. The number of hydrogen-bond acceptors (Lipinski definition) is 4. The van der Waals surface area contributed by atoms with Gasteiger partial charge in [0.1, 0.15) is 18.2 Å². The quantitative estimate of drug-likeness (QED) is 0.266. The summed E-state index contributed by atoms with van der Waals surface area (Å²) in [5.41, 5.74) is 1.76. The van der Waals surface area contributed by atoms with Gasteiger partial charge >= 0.3 is 0 Å². The Morgan fingerprint density at radius 1 is 1.09 bits per heavy atom. The van der Waals surface area contributed by atoms with E-state index in [-0.39, 0.29) is 12.2 Å². The summed E-state index contributed by atoms with van der Waals surface area (Å²) in [5.74, 6) is 0.391. The van der Waals surface area contributed by atoms with Gasteiger partial charge in [-0.1, -0.05) is 51.3 Å². The van der Waals surface area contributed by atoms with Gasteiger partial charge < -0.3 is 14.8 Å². The van der Waals surface area contributed by atoms with Gasteiger partial charge in [0.05, 0.1) is 7.11 Å². The van der Waals surface area contributed by atoms with E-state index in [0.717, 1.165) is 4.47 Å². The van der Waals surface area contributed by atoms with Crippen molar-refractivity contribution in [2.45, 2.75) is 6.61 Å². The second-order valence-electron chi connectivity index (χ2n) is 6.53. The molecule has 0 heterocycles. The Labute approximate surface area is 204 Å². The second-order valence-corrected chi connectivity index (χ2v) is 8.26. The van der Waals surface area contributed by atoms with Crippen LogP contribution in [0.5, 0.6) is 11.5 Å². The zero-order valence-corrected chi connectivity index (χ0v) is 20.0. The van der Waals surface area contributed by atoms with Crippen molar-refractivity contribution in [1.29, 1.82) is 5.26 Å². The lowest BCUT2D eigenvalue weighted by atomic mass is 10.1. The maximum Gasteiger partial charge on any atom is 0.266 e. The van der Waals surface area contributed by atoms with Gasteiger partial charge in [-0.3, -0.25) is 4.79 Å². The number of hydrogen-bond donors (Lipinski definition) is 1. The van der Waals surface area contributed by atoms with Crippen LogP contribution in [-0.4, -0.2) is 13.0 Å². The molecule has 1 amide bonds. The lowest BCUT2D eigenvalue weighted by molar-refractivity contribution is -0.112. The van der Waals surface area contributed by atoms with Crippen LogP contribution in [-0.2, 0) is 11.4 Å². The molecule has 0 unspecified atom stereocenters. The van der Waals surface area contributed by atoms with Gasteiger partial charge in [-0.15, -0.1) is 0 Å². The molecule has 1 N–H and O–H groups in total. The third-order valence-electron chi connectivity index (χ3n) is 4.40. The number of halogens is 3. The molecule has 0 aliphatic carbocycles. The standard InChI is InChI=1S/C24H17BrCl2N2O3/c1-31-22-10-5-15(12-23(22)32-14-19-20(26)3-2-4-21(19)27)11-16(13-28)24(30)29-18-8-6-17(25)7-9-18/h2-12H,14H2,1H3,(H,29,30)/b16-11+. The first-order chi connectivity index (χ1) is 15.4. The summed E-state index contributed by atoms with van der Waals surface area (Å²) in [4.78, 5) is 12.5. The van der Waals surface area contributed by atoms with Crippen LogP contribution in [0.2, 0.25) is 10.0 Å². The second kappa shape index (κ2) is 11.1. The summed E-state index contributed by atoms with van der Waals surface area (Å²) < 4.78 is 12.1. The number of carbonyl (C=O) groups is 1. The van der Waals surface area contributed by atoms with Gasteiger partial charge in [0.2, 0.25) is 0 Å². The molecule has 0 saturated carbocycles. The fourth-order valence-corrected chi connectivity index (χ4v) is 3.53. The number of amides is 1. The highest BCUT2D eigenvalue weighted by atomic mass is 79.9. The Bertz CT molecular complexity index is 1180.